The van der Waals surface area contributed by atoms with Crippen LogP contribution in [0, 0.1) is 0 Å². The van der Waals surface area contributed by atoms with Gasteiger partial charge in [0.1, 0.15) is 5.00 Å². The number of benzene rings is 1. The average Bonchev–Trinajstić information content (AvgIpc) is 3.07. The van der Waals surface area contributed by atoms with Gasteiger partial charge in [0.2, 0.25) is 10.0 Å². The molecule has 0 aliphatic carbocycles. The molecule has 1 aromatic heterocycles. The van der Waals surface area contributed by atoms with Gasteiger partial charge in [0.25, 0.3) is 11.8 Å². The Bertz CT molecular complexity index is 1370. The number of hydrogen-bond acceptors (Lipinski definition) is 7. The lowest BCUT2D eigenvalue weighted by Gasteiger charge is -2.42. The zero-order chi connectivity index (χ0) is 28.7. The molecule has 3 aliphatic rings. The van der Waals surface area contributed by atoms with Crippen LogP contribution in [0.15, 0.2) is 29.2 Å². The van der Waals surface area contributed by atoms with Gasteiger partial charge in [-0.15, -0.1) is 11.3 Å². The molecule has 218 valence electrons. The molecule has 2 saturated heterocycles. The van der Waals surface area contributed by atoms with Crippen molar-refractivity contribution in [2.75, 3.05) is 44.7 Å². The number of anilines is 1. The topological polar surface area (TPSA) is 108 Å². The molecule has 0 atom stereocenters. The van der Waals surface area contributed by atoms with E-state index in [4.69, 9.17) is 4.74 Å². The monoisotopic (exact) mass is 588 g/mol. The van der Waals surface area contributed by atoms with Crippen molar-refractivity contribution in [2.45, 2.75) is 75.8 Å². The number of nitrogens with zero attached hydrogens (tertiary/aromatic N) is 2. The number of carbonyl (C=O) groups is 2. The number of amides is 2. The predicted molar refractivity (Wildman–Crippen MR) is 157 cm³/mol. The Morgan fingerprint density at radius 1 is 0.950 bits per heavy atom. The van der Waals surface area contributed by atoms with Crippen LogP contribution in [0.1, 0.15) is 84.5 Å². The van der Waals surface area contributed by atoms with E-state index in [0.717, 1.165) is 36.1 Å². The summed E-state index contributed by atoms with van der Waals surface area (Å²) in [7, 11) is -3.61. The Balaban J connectivity index is 1.44. The first kappa shape index (κ1) is 29.2. The van der Waals surface area contributed by atoms with Crippen LogP contribution in [0.25, 0.3) is 0 Å². The summed E-state index contributed by atoms with van der Waals surface area (Å²) < 4.78 is 33.4. The summed E-state index contributed by atoms with van der Waals surface area (Å²) in [5.41, 5.74) is 1.26. The van der Waals surface area contributed by atoms with E-state index in [0.29, 0.717) is 61.9 Å². The second kappa shape index (κ2) is 11.2. The van der Waals surface area contributed by atoms with Crippen LogP contribution >= 0.6 is 11.3 Å². The van der Waals surface area contributed by atoms with Gasteiger partial charge in [-0.25, -0.2) is 8.42 Å². The maximum absolute atomic E-state index is 13.9. The molecule has 1 aromatic carbocycles. The van der Waals surface area contributed by atoms with E-state index in [9.17, 15) is 18.0 Å². The van der Waals surface area contributed by atoms with Gasteiger partial charge < -0.3 is 20.3 Å². The minimum atomic E-state index is -3.61. The molecule has 2 amide bonds. The normalized spacial score (nSPS) is 21.4. The minimum Gasteiger partial charge on any atom is -0.378 e. The molecule has 2 fully saturated rings. The van der Waals surface area contributed by atoms with Gasteiger partial charge in [-0.3, -0.25) is 9.59 Å². The highest BCUT2D eigenvalue weighted by Crippen LogP contribution is 2.45. The number of thiophene rings is 1. The van der Waals surface area contributed by atoms with E-state index in [-0.39, 0.29) is 27.8 Å². The molecule has 0 bridgehead atoms. The first-order valence-corrected chi connectivity index (χ1v) is 16.4. The third-order valence-electron chi connectivity index (χ3n) is 7.90. The Morgan fingerprint density at radius 3 is 2.20 bits per heavy atom. The molecule has 9 nitrogen and oxygen atoms in total. The van der Waals surface area contributed by atoms with E-state index < -0.39 is 10.0 Å². The van der Waals surface area contributed by atoms with Gasteiger partial charge in [0, 0.05) is 47.7 Å². The molecule has 5 rings (SSSR count). The van der Waals surface area contributed by atoms with Crippen LogP contribution in [0.5, 0.6) is 0 Å². The fraction of sp³-hybridized carbons (Fsp3) is 0.586. The van der Waals surface area contributed by atoms with E-state index in [2.05, 4.69) is 38.3 Å². The van der Waals surface area contributed by atoms with Crippen LogP contribution in [0.2, 0.25) is 0 Å². The number of rotatable bonds is 5. The molecule has 0 saturated carbocycles. The number of sulfonamides is 1. The number of hydrogen-bond donors (Lipinski definition) is 2. The summed E-state index contributed by atoms with van der Waals surface area (Å²) >= 11 is 1.44. The van der Waals surface area contributed by atoms with Crippen LogP contribution in [0.4, 0.5) is 5.00 Å². The first-order chi connectivity index (χ1) is 18.9. The molecule has 0 unspecified atom stereocenters. The zero-order valence-electron chi connectivity index (χ0n) is 23.8. The fourth-order valence-corrected chi connectivity index (χ4v) is 8.93. The summed E-state index contributed by atoms with van der Waals surface area (Å²) in [4.78, 5) is 30.3. The zero-order valence-corrected chi connectivity index (χ0v) is 25.5. The van der Waals surface area contributed by atoms with Crippen molar-refractivity contribution < 1.29 is 22.7 Å². The third kappa shape index (κ3) is 5.85. The molecular formula is C29H40N4O5S2. The van der Waals surface area contributed by atoms with Gasteiger partial charge in [-0.2, -0.15) is 4.31 Å². The highest BCUT2D eigenvalue weighted by atomic mass is 32.2. The van der Waals surface area contributed by atoms with Crippen LogP contribution < -0.4 is 10.6 Å². The maximum atomic E-state index is 13.9. The Morgan fingerprint density at radius 2 is 1.57 bits per heavy atom. The Labute approximate surface area is 241 Å². The quantitative estimate of drug-likeness (QED) is 0.542. The Hall–Kier alpha value is -2.31. The lowest BCUT2D eigenvalue weighted by Crippen LogP contribution is -2.55. The second-order valence-corrected chi connectivity index (χ2v) is 15.1. The van der Waals surface area contributed by atoms with E-state index in [1.165, 1.54) is 23.5 Å². The molecule has 0 radical (unpaired) electrons. The Kier molecular flexibility index (Phi) is 8.15. The number of carbonyl (C=O) groups excluding carboxylic acids is 2. The van der Waals surface area contributed by atoms with Gasteiger partial charge in [-0.05, 0) is 76.8 Å². The molecule has 2 N–H and O–H groups in total. The second-order valence-electron chi connectivity index (χ2n) is 12.1. The lowest BCUT2D eigenvalue weighted by molar-refractivity contribution is 0.0302. The summed E-state index contributed by atoms with van der Waals surface area (Å²) in [5.74, 6) is -0.470. The SMILES string of the molecule is CC1(C)Cc2c(sc(NC(=O)c3ccc(S(=O)(=O)N4CCCCCC4)cc3)c2C(=O)N2CCOCC2)C(C)(C)N1. The van der Waals surface area contributed by atoms with E-state index in [1.54, 1.807) is 21.3 Å². The molecule has 40 heavy (non-hydrogen) atoms. The standard InChI is InChI=1S/C29H40N4O5S2/c1-28(2)19-22-23(27(35)32-15-17-38-18-16-32)26(39-24(22)29(3,4)31-28)30-25(34)20-9-11-21(12-10-20)40(36,37)33-13-7-5-6-8-14-33/h9-12,31H,5-8,13-19H2,1-4H3,(H,30,34). The molecule has 11 heteroatoms. The van der Waals surface area contributed by atoms with E-state index >= 15 is 0 Å². The minimum absolute atomic E-state index is 0.0940. The molecule has 3 aliphatic heterocycles. The predicted octanol–water partition coefficient (Wildman–Crippen LogP) is 4.20. The smallest absolute Gasteiger partial charge is 0.257 e. The average molecular weight is 589 g/mol. The van der Waals surface area contributed by atoms with Crippen molar-refractivity contribution in [1.29, 1.82) is 0 Å². The first-order valence-electron chi connectivity index (χ1n) is 14.1. The number of nitrogens with one attached hydrogen (secondary N) is 2. The van der Waals surface area contributed by atoms with Crippen LogP contribution in [-0.2, 0) is 26.7 Å². The maximum Gasteiger partial charge on any atom is 0.257 e. The van der Waals surface area contributed by atoms with Crippen molar-refractivity contribution in [2.24, 2.45) is 0 Å². The molecule has 0 spiro atoms. The van der Waals surface area contributed by atoms with Crippen molar-refractivity contribution >= 4 is 38.2 Å². The van der Waals surface area contributed by atoms with Crippen molar-refractivity contribution in [3.8, 4) is 0 Å². The summed E-state index contributed by atoms with van der Waals surface area (Å²) in [6, 6.07) is 6.10. The summed E-state index contributed by atoms with van der Waals surface area (Å²) in [6.07, 6.45) is 4.46. The third-order valence-corrected chi connectivity index (χ3v) is 11.3. The molecule has 4 heterocycles. The largest absolute Gasteiger partial charge is 0.378 e. The summed E-state index contributed by atoms with van der Waals surface area (Å²) in [5, 5.41) is 7.22. The van der Waals surface area contributed by atoms with Crippen molar-refractivity contribution in [3.05, 3.63) is 45.8 Å². The highest BCUT2D eigenvalue weighted by Gasteiger charge is 2.42. The van der Waals surface area contributed by atoms with Crippen LogP contribution in [0.3, 0.4) is 0 Å². The number of ether oxygens (including phenoxy) is 1. The van der Waals surface area contributed by atoms with Gasteiger partial charge in [0.15, 0.2) is 0 Å². The van der Waals surface area contributed by atoms with E-state index in [1.807, 2.05) is 0 Å². The van der Waals surface area contributed by atoms with Crippen molar-refractivity contribution in [3.63, 3.8) is 0 Å². The van der Waals surface area contributed by atoms with Gasteiger partial charge in [-0.1, -0.05) is 12.8 Å². The summed E-state index contributed by atoms with van der Waals surface area (Å²) in [6.45, 7) is 11.5. The number of morpholine rings is 1. The lowest BCUT2D eigenvalue weighted by atomic mass is 9.81. The molecular weight excluding hydrogens is 548 g/mol. The van der Waals surface area contributed by atoms with Crippen molar-refractivity contribution in [1.82, 2.24) is 14.5 Å². The number of fused-ring (bicyclic) bond motifs is 1. The van der Waals surface area contributed by atoms with Gasteiger partial charge >= 0.3 is 0 Å². The van der Waals surface area contributed by atoms with Crippen LogP contribution in [-0.4, -0.2) is 74.4 Å². The highest BCUT2D eigenvalue weighted by molar-refractivity contribution is 7.89. The fourth-order valence-electron chi connectivity index (χ4n) is 6.15. The van der Waals surface area contributed by atoms with Gasteiger partial charge in [0.05, 0.1) is 23.7 Å². The molecule has 2 aromatic rings.